The average Bonchev–Trinajstić information content (AvgIpc) is 3.64. The van der Waals surface area contributed by atoms with Crippen molar-refractivity contribution in [1.29, 1.82) is 0 Å². The van der Waals surface area contributed by atoms with E-state index in [1.54, 1.807) is 18.1 Å². The highest BCUT2D eigenvalue weighted by Gasteiger charge is 2.47. The first-order valence-corrected chi connectivity index (χ1v) is 15.2. The lowest BCUT2D eigenvalue weighted by molar-refractivity contribution is -0.127. The summed E-state index contributed by atoms with van der Waals surface area (Å²) in [6, 6.07) is 3.95. The van der Waals surface area contributed by atoms with Crippen molar-refractivity contribution in [3.63, 3.8) is 0 Å². The molecule has 0 radical (unpaired) electrons. The minimum absolute atomic E-state index is 0.0512. The van der Waals surface area contributed by atoms with Gasteiger partial charge in [-0.3, -0.25) is 14.5 Å². The Kier molecular flexibility index (Phi) is 7.52. The maximum atomic E-state index is 14.2. The lowest BCUT2D eigenvalue weighted by Crippen LogP contribution is -2.33. The Morgan fingerprint density at radius 1 is 1.21 bits per heavy atom. The van der Waals surface area contributed by atoms with E-state index in [2.05, 4.69) is 37.2 Å². The Morgan fingerprint density at radius 2 is 2.00 bits per heavy atom. The highest BCUT2D eigenvalue weighted by Crippen LogP contribution is 2.45. The molecule has 4 heterocycles. The van der Waals surface area contributed by atoms with Gasteiger partial charge in [-0.15, -0.1) is 0 Å². The number of fused-ring (bicyclic) bond motifs is 1. The first kappa shape index (κ1) is 29.3. The fourth-order valence-electron chi connectivity index (χ4n) is 6.91. The van der Waals surface area contributed by atoms with Gasteiger partial charge in [0, 0.05) is 56.3 Å². The Hall–Kier alpha value is -3.79. The highest BCUT2D eigenvalue weighted by molar-refractivity contribution is 5.97. The van der Waals surface area contributed by atoms with E-state index in [9.17, 15) is 14.0 Å². The first-order chi connectivity index (χ1) is 20.5. The number of benzene rings is 1. The van der Waals surface area contributed by atoms with Crippen LogP contribution >= 0.6 is 0 Å². The topological polar surface area (TPSA) is 90.9 Å². The largest absolute Gasteiger partial charge is 0.451 e. The third-order valence-corrected chi connectivity index (χ3v) is 9.85. The molecule has 3 saturated heterocycles. The lowest BCUT2D eigenvalue weighted by atomic mass is 9.76. The second-order valence-corrected chi connectivity index (χ2v) is 13.4. The Labute approximate surface area is 252 Å². The molecule has 1 spiro atoms. The third-order valence-electron chi connectivity index (χ3n) is 9.85. The maximum Gasteiger partial charge on any atom is 0.257 e. The van der Waals surface area contributed by atoms with Crippen LogP contribution in [-0.2, 0) is 4.79 Å². The standard InChI is InChI=1S/C33H41FN6O3/c1-21(2)38(5)30(41)24-15-23(34)7-9-27(24)43-28-16-35-20-36-29(28)40-13-11-33(19-40)10-12-39(18-33)17-22-6-8-25-26(14-22)37-31(42)32(25,3)4/h6-7,9,14-16,20-21,25H,8,10-13,17-19H2,1-5H3,(H,37,42). The van der Waals surface area contributed by atoms with E-state index >= 15 is 0 Å². The van der Waals surface area contributed by atoms with Gasteiger partial charge in [0.05, 0.1) is 17.2 Å². The SMILES string of the molecule is CC(C)N(C)C(=O)c1cc(F)ccc1Oc1cncnc1N1CCC2(CCN(CC3=CCC4C(=C3)NC(=O)C4(C)C)C2)C1. The van der Waals surface area contributed by atoms with Crippen LogP contribution in [0.15, 0.2) is 54.1 Å². The first-order valence-electron chi connectivity index (χ1n) is 15.2. The number of nitrogens with one attached hydrogen (secondary N) is 1. The molecule has 2 unspecified atom stereocenters. The number of aromatic nitrogens is 2. The Bertz CT molecular complexity index is 1500. The van der Waals surface area contributed by atoms with Crippen molar-refractivity contribution in [3.8, 4) is 11.5 Å². The summed E-state index contributed by atoms with van der Waals surface area (Å²) in [5, 5.41) is 3.11. The predicted octanol–water partition coefficient (Wildman–Crippen LogP) is 4.78. The summed E-state index contributed by atoms with van der Waals surface area (Å²) in [5.41, 5.74) is 2.28. The zero-order valence-electron chi connectivity index (χ0n) is 25.7. The molecule has 9 nitrogen and oxygen atoms in total. The van der Waals surface area contributed by atoms with Crippen LogP contribution < -0.4 is 15.0 Å². The van der Waals surface area contributed by atoms with Gasteiger partial charge >= 0.3 is 0 Å². The van der Waals surface area contributed by atoms with E-state index < -0.39 is 5.82 Å². The third kappa shape index (κ3) is 5.53. The van der Waals surface area contributed by atoms with Gasteiger partial charge in [0.25, 0.3) is 5.91 Å². The van der Waals surface area contributed by atoms with Crippen molar-refractivity contribution in [2.75, 3.05) is 44.7 Å². The summed E-state index contributed by atoms with van der Waals surface area (Å²) >= 11 is 0. The van der Waals surface area contributed by atoms with Crippen molar-refractivity contribution >= 4 is 17.6 Å². The van der Waals surface area contributed by atoms with E-state index in [-0.39, 0.29) is 45.9 Å². The zero-order valence-corrected chi connectivity index (χ0v) is 25.7. The number of hydrogen-bond donors (Lipinski definition) is 1. The van der Waals surface area contributed by atoms with Gasteiger partial charge < -0.3 is 19.9 Å². The number of halogens is 1. The number of carbonyl (C=O) groups excluding carboxylic acids is 2. The van der Waals surface area contributed by atoms with Crippen molar-refractivity contribution in [1.82, 2.24) is 25.1 Å². The number of hydrogen-bond acceptors (Lipinski definition) is 7. The van der Waals surface area contributed by atoms with E-state index in [1.807, 2.05) is 27.7 Å². The van der Waals surface area contributed by atoms with Crippen molar-refractivity contribution in [2.45, 2.75) is 53.0 Å². The molecule has 3 fully saturated rings. The van der Waals surface area contributed by atoms with Gasteiger partial charge in [0.1, 0.15) is 17.9 Å². The molecular weight excluding hydrogens is 547 g/mol. The summed E-state index contributed by atoms with van der Waals surface area (Å²) in [5.74, 6) is 0.931. The molecule has 43 heavy (non-hydrogen) atoms. The van der Waals surface area contributed by atoms with Gasteiger partial charge in [-0.05, 0) is 69.5 Å². The summed E-state index contributed by atoms with van der Waals surface area (Å²) in [6.45, 7) is 12.4. The molecule has 0 saturated carbocycles. The van der Waals surface area contributed by atoms with Crippen LogP contribution in [0.5, 0.6) is 11.5 Å². The number of rotatable bonds is 7. The quantitative estimate of drug-likeness (QED) is 0.498. The molecule has 228 valence electrons. The molecule has 1 aliphatic carbocycles. The minimum atomic E-state index is -0.499. The molecule has 0 bridgehead atoms. The second kappa shape index (κ2) is 11.0. The van der Waals surface area contributed by atoms with Crippen LogP contribution in [0.3, 0.4) is 0 Å². The lowest BCUT2D eigenvalue weighted by Gasteiger charge is -2.28. The minimum Gasteiger partial charge on any atom is -0.451 e. The molecule has 2 aromatic rings. The molecule has 2 atom stereocenters. The molecule has 3 aliphatic heterocycles. The number of nitrogens with zero attached hydrogens (tertiary/aromatic N) is 5. The molecule has 1 aromatic carbocycles. The van der Waals surface area contributed by atoms with Gasteiger partial charge in [0.2, 0.25) is 5.91 Å². The molecule has 6 rings (SSSR count). The van der Waals surface area contributed by atoms with Crippen LogP contribution in [0.1, 0.15) is 57.3 Å². The number of anilines is 1. The van der Waals surface area contributed by atoms with Gasteiger partial charge in [0.15, 0.2) is 11.6 Å². The van der Waals surface area contributed by atoms with E-state index in [0.29, 0.717) is 11.6 Å². The monoisotopic (exact) mass is 588 g/mol. The molecular formula is C33H41FN6O3. The molecule has 2 amide bonds. The Balaban J connectivity index is 1.14. The smallest absolute Gasteiger partial charge is 0.257 e. The van der Waals surface area contributed by atoms with Crippen LogP contribution in [0, 0.1) is 22.6 Å². The number of amides is 2. The van der Waals surface area contributed by atoms with Gasteiger partial charge in [-0.25, -0.2) is 14.4 Å². The van der Waals surface area contributed by atoms with Crippen molar-refractivity contribution in [3.05, 3.63) is 65.5 Å². The van der Waals surface area contributed by atoms with Crippen molar-refractivity contribution < 1.29 is 18.7 Å². The molecule has 10 heteroatoms. The van der Waals surface area contributed by atoms with Gasteiger partial charge in [-0.1, -0.05) is 19.9 Å². The molecule has 1 aromatic heterocycles. The highest BCUT2D eigenvalue weighted by atomic mass is 19.1. The number of likely N-dealkylation sites (tertiary alicyclic amines) is 1. The van der Waals surface area contributed by atoms with Crippen LogP contribution in [0.25, 0.3) is 0 Å². The molecule has 1 N–H and O–H groups in total. The summed E-state index contributed by atoms with van der Waals surface area (Å²) < 4.78 is 20.5. The average molecular weight is 589 g/mol. The van der Waals surface area contributed by atoms with E-state index in [0.717, 1.165) is 57.7 Å². The van der Waals surface area contributed by atoms with Crippen LogP contribution in [0.2, 0.25) is 0 Å². The van der Waals surface area contributed by atoms with Crippen LogP contribution in [-0.4, -0.2) is 77.4 Å². The fourth-order valence-corrected chi connectivity index (χ4v) is 6.91. The zero-order chi connectivity index (χ0) is 30.5. The number of allylic oxidation sites excluding steroid dienone is 2. The predicted molar refractivity (Wildman–Crippen MR) is 162 cm³/mol. The second-order valence-electron chi connectivity index (χ2n) is 13.4. The normalized spacial score (nSPS) is 24.7. The van der Waals surface area contributed by atoms with Crippen LogP contribution in [0.4, 0.5) is 10.2 Å². The van der Waals surface area contributed by atoms with E-state index in [1.165, 1.54) is 30.1 Å². The van der Waals surface area contributed by atoms with Crippen molar-refractivity contribution in [2.24, 2.45) is 16.7 Å². The fraction of sp³-hybridized carbons (Fsp3) is 0.515. The summed E-state index contributed by atoms with van der Waals surface area (Å²) in [6.07, 6.45) is 10.6. The Morgan fingerprint density at radius 3 is 2.79 bits per heavy atom. The number of ether oxygens (including phenoxy) is 1. The molecule has 4 aliphatic rings. The maximum absolute atomic E-state index is 14.2. The summed E-state index contributed by atoms with van der Waals surface area (Å²) in [4.78, 5) is 40.7. The van der Waals surface area contributed by atoms with E-state index in [4.69, 9.17) is 4.74 Å². The summed E-state index contributed by atoms with van der Waals surface area (Å²) in [7, 11) is 1.69. The number of carbonyl (C=O) groups is 2. The van der Waals surface area contributed by atoms with Gasteiger partial charge in [-0.2, -0.15) is 0 Å².